The van der Waals surface area contributed by atoms with Crippen LogP contribution in [0.25, 0.3) is 11.1 Å². The first-order valence-corrected chi connectivity index (χ1v) is 10.1. The molecule has 0 atom stereocenters. The highest BCUT2D eigenvalue weighted by Crippen LogP contribution is 2.37. The van der Waals surface area contributed by atoms with Crippen LogP contribution in [-0.4, -0.2) is 0 Å². The van der Waals surface area contributed by atoms with Gasteiger partial charge in [-0.3, -0.25) is 0 Å². The molecule has 4 rings (SSSR count). The molecule has 0 aromatic heterocycles. The normalized spacial score (nSPS) is 11.4. The smallest absolute Gasteiger partial charge is 0.432 e. The molecule has 0 unspecified atom stereocenters. The molecule has 0 heterocycles. The molecule has 0 amide bonds. The van der Waals surface area contributed by atoms with Gasteiger partial charge in [-0.25, -0.2) is 22.0 Å². The van der Waals surface area contributed by atoms with E-state index in [4.69, 9.17) is 4.74 Å². The molecule has 0 bridgehead atoms. The zero-order valence-corrected chi connectivity index (χ0v) is 17.7. The number of benzene rings is 4. The SMILES string of the molecule is Fc1cc(OC(F)(F)c2c(F)cc(-c3ccc(OCc4ccccc4)cc3)cc2F)cc(F)c1F. The number of hydrogen-bond acceptors (Lipinski definition) is 2. The molecular weight excluding hydrogens is 477 g/mol. The highest BCUT2D eigenvalue weighted by atomic mass is 19.3. The summed E-state index contributed by atoms with van der Waals surface area (Å²) in [4.78, 5) is 0. The maximum atomic E-state index is 14.6. The minimum atomic E-state index is -4.65. The van der Waals surface area contributed by atoms with Gasteiger partial charge >= 0.3 is 6.11 Å². The molecule has 0 aliphatic carbocycles. The summed E-state index contributed by atoms with van der Waals surface area (Å²) in [7, 11) is 0. The third-order valence-corrected chi connectivity index (χ3v) is 4.97. The highest BCUT2D eigenvalue weighted by Gasteiger charge is 2.41. The summed E-state index contributed by atoms with van der Waals surface area (Å²) >= 11 is 0. The molecule has 0 aliphatic heterocycles. The van der Waals surface area contributed by atoms with Gasteiger partial charge in [0.05, 0.1) is 0 Å². The molecule has 4 aromatic rings. The zero-order chi connectivity index (χ0) is 25.2. The van der Waals surface area contributed by atoms with Gasteiger partial charge in [-0.15, -0.1) is 0 Å². The average molecular weight is 492 g/mol. The summed E-state index contributed by atoms with van der Waals surface area (Å²) in [5.74, 6) is -9.49. The van der Waals surface area contributed by atoms with Gasteiger partial charge in [-0.05, 0) is 41.0 Å². The lowest BCUT2D eigenvalue weighted by atomic mass is 10.0. The van der Waals surface area contributed by atoms with Crippen LogP contribution in [0.15, 0.2) is 78.9 Å². The summed E-state index contributed by atoms with van der Waals surface area (Å²) in [5, 5.41) is 0. The van der Waals surface area contributed by atoms with Gasteiger partial charge in [0, 0.05) is 12.1 Å². The second kappa shape index (κ2) is 9.69. The van der Waals surface area contributed by atoms with E-state index in [0.29, 0.717) is 30.1 Å². The van der Waals surface area contributed by atoms with Crippen LogP contribution in [0.3, 0.4) is 0 Å². The van der Waals surface area contributed by atoms with E-state index in [1.807, 2.05) is 30.3 Å². The molecule has 0 saturated heterocycles. The molecule has 0 fully saturated rings. The first kappa shape index (κ1) is 24.1. The lowest BCUT2D eigenvalue weighted by Gasteiger charge is -2.20. The molecule has 2 nitrogen and oxygen atoms in total. The van der Waals surface area contributed by atoms with E-state index < -0.39 is 46.5 Å². The fourth-order valence-corrected chi connectivity index (χ4v) is 3.29. The first-order valence-electron chi connectivity index (χ1n) is 10.1. The monoisotopic (exact) mass is 492 g/mol. The average Bonchev–Trinajstić information content (AvgIpc) is 2.81. The highest BCUT2D eigenvalue weighted by molar-refractivity contribution is 5.65. The van der Waals surface area contributed by atoms with Crippen molar-refractivity contribution in [3.05, 3.63) is 119 Å². The van der Waals surface area contributed by atoms with Crippen LogP contribution in [0.2, 0.25) is 0 Å². The number of rotatable bonds is 7. The van der Waals surface area contributed by atoms with Crippen molar-refractivity contribution in [2.75, 3.05) is 0 Å². The number of halogens is 7. The molecule has 35 heavy (non-hydrogen) atoms. The molecule has 180 valence electrons. The minimum Gasteiger partial charge on any atom is -0.489 e. The van der Waals surface area contributed by atoms with Crippen LogP contribution >= 0.6 is 0 Å². The lowest BCUT2D eigenvalue weighted by Crippen LogP contribution is -2.25. The Labute approximate surface area is 195 Å². The Morgan fingerprint density at radius 3 is 1.74 bits per heavy atom. The molecule has 4 aromatic carbocycles. The van der Waals surface area contributed by atoms with Gasteiger partial charge in [-0.1, -0.05) is 42.5 Å². The van der Waals surface area contributed by atoms with Crippen molar-refractivity contribution in [3.63, 3.8) is 0 Å². The van der Waals surface area contributed by atoms with Crippen molar-refractivity contribution in [1.29, 1.82) is 0 Å². The Morgan fingerprint density at radius 1 is 0.600 bits per heavy atom. The van der Waals surface area contributed by atoms with Crippen molar-refractivity contribution >= 4 is 0 Å². The van der Waals surface area contributed by atoms with Crippen molar-refractivity contribution in [1.82, 2.24) is 0 Å². The first-order chi connectivity index (χ1) is 16.6. The maximum Gasteiger partial charge on any atom is 0.432 e. The van der Waals surface area contributed by atoms with Gasteiger partial charge in [0.1, 0.15) is 35.3 Å². The molecular formula is C26H15F7O2. The van der Waals surface area contributed by atoms with Crippen LogP contribution in [0.1, 0.15) is 11.1 Å². The second-order valence-electron chi connectivity index (χ2n) is 7.43. The number of ether oxygens (including phenoxy) is 2. The van der Waals surface area contributed by atoms with E-state index in [2.05, 4.69) is 4.74 Å². The van der Waals surface area contributed by atoms with Crippen molar-refractivity contribution in [2.24, 2.45) is 0 Å². The lowest BCUT2D eigenvalue weighted by molar-refractivity contribution is -0.189. The second-order valence-corrected chi connectivity index (χ2v) is 7.43. The summed E-state index contributed by atoms with van der Waals surface area (Å²) < 4.78 is 107. The van der Waals surface area contributed by atoms with Crippen molar-refractivity contribution < 1.29 is 40.2 Å². The third kappa shape index (κ3) is 5.40. The van der Waals surface area contributed by atoms with Crippen LogP contribution in [0.5, 0.6) is 11.5 Å². The summed E-state index contributed by atoms with van der Waals surface area (Å²) in [6.07, 6.45) is -4.65. The Kier molecular flexibility index (Phi) is 6.68. The van der Waals surface area contributed by atoms with Crippen LogP contribution in [-0.2, 0) is 12.7 Å². The topological polar surface area (TPSA) is 18.5 Å². The fourth-order valence-electron chi connectivity index (χ4n) is 3.29. The van der Waals surface area contributed by atoms with E-state index in [-0.39, 0.29) is 17.7 Å². The van der Waals surface area contributed by atoms with Crippen LogP contribution in [0.4, 0.5) is 30.7 Å². The predicted octanol–water partition coefficient (Wildman–Crippen LogP) is 7.76. The third-order valence-electron chi connectivity index (χ3n) is 4.97. The Bertz CT molecular complexity index is 1290. The van der Waals surface area contributed by atoms with Crippen LogP contribution in [0, 0.1) is 29.1 Å². The van der Waals surface area contributed by atoms with Crippen LogP contribution < -0.4 is 9.47 Å². The molecule has 0 saturated carbocycles. The summed E-state index contributed by atoms with van der Waals surface area (Å²) in [6.45, 7) is 0.301. The molecule has 0 radical (unpaired) electrons. The molecule has 0 N–H and O–H groups in total. The number of hydrogen-bond donors (Lipinski definition) is 0. The van der Waals surface area contributed by atoms with E-state index in [0.717, 1.165) is 5.56 Å². The largest absolute Gasteiger partial charge is 0.489 e. The Balaban J connectivity index is 1.54. The van der Waals surface area contributed by atoms with Crippen molar-refractivity contribution in [3.8, 4) is 22.6 Å². The van der Waals surface area contributed by atoms with Gasteiger partial charge in [0.2, 0.25) is 0 Å². The molecule has 0 spiro atoms. The zero-order valence-electron chi connectivity index (χ0n) is 17.7. The standard InChI is InChI=1S/C26H15F7O2/c27-20-10-17(16-6-8-18(9-7-16)34-14-15-4-2-1-3-5-15)11-21(28)24(20)26(32,33)35-19-12-22(29)25(31)23(30)13-19/h1-13H,14H2. The Hall–Kier alpha value is -4.01. The number of alkyl halides is 2. The summed E-state index contributed by atoms with van der Waals surface area (Å²) in [6, 6.07) is 17.0. The van der Waals surface area contributed by atoms with E-state index in [1.165, 1.54) is 12.1 Å². The quantitative estimate of drug-likeness (QED) is 0.194. The van der Waals surface area contributed by atoms with E-state index in [9.17, 15) is 30.7 Å². The van der Waals surface area contributed by atoms with Gasteiger partial charge in [-0.2, -0.15) is 8.78 Å². The predicted molar refractivity (Wildman–Crippen MR) is 113 cm³/mol. The molecule has 0 aliphatic rings. The van der Waals surface area contributed by atoms with Gasteiger partial charge in [0.15, 0.2) is 17.5 Å². The van der Waals surface area contributed by atoms with Gasteiger partial charge < -0.3 is 9.47 Å². The summed E-state index contributed by atoms with van der Waals surface area (Å²) in [5.41, 5.74) is -0.568. The fraction of sp³-hybridized carbons (Fsp3) is 0.0769. The Morgan fingerprint density at radius 2 is 1.17 bits per heavy atom. The van der Waals surface area contributed by atoms with Gasteiger partial charge in [0.25, 0.3) is 0 Å². The maximum absolute atomic E-state index is 14.6. The minimum absolute atomic E-state index is 0.0481. The molecule has 9 heteroatoms. The van der Waals surface area contributed by atoms with E-state index in [1.54, 1.807) is 12.1 Å². The van der Waals surface area contributed by atoms with E-state index >= 15 is 0 Å². The van der Waals surface area contributed by atoms with Crippen molar-refractivity contribution in [2.45, 2.75) is 12.7 Å².